The Kier molecular flexibility index (Phi) is 1.61. The van der Waals surface area contributed by atoms with Crippen molar-refractivity contribution in [3.8, 4) is 0 Å². The van der Waals surface area contributed by atoms with Gasteiger partial charge in [0.05, 0.1) is 0 Å². The largest absolute Gasteiger partial charge is 0.304 e. The zero-order valence-electron chi connectivity index (χ0n) is 8.85. The summed E-state index contributed by atoms with van der Waals surface area (Å²) in [5.41, 5.74) is 1.36. The van der Waals surface area contributed by atoms with Crippen LogP contribution >= 0.6 is 0 Å². The van der Waals surface area contributed by atoms with Crippen LogP contribution in [0.4, 0.5) is 0 Å². The Morgan fingerprint density at radius 1 is 1.08 bits per heavy atom. The third-order valence-electron chi connectivity index (χ3n) is 4.62. The van der Waals surface area contributed by atoms with E-state index in [4.69, 9.17) is 0 Å². The molecule has 70 valence electrons. The molecule has 0 aromatic heterocycles. The van der Waals surface area contributed by atoms with Gasteiger partial charge in [0.15, 0.2) is 0 Å². The molecule has 0 aromatic carbocycles. The minimum atomic E-state index is 0.615. The molecular formula is C11H21N. The monoisotopic (exact) mass is 167 g/mol. The minimum Gasteiger partial charge on any atom is -0.304 e. The Balaban J connectivity index is 2.10. The summed E-state index contributed by atoms with van der Waals surface area (Å²) in [7, 11) is 4.49. The topological polar surface area (TPSA) is 3.24 Å². The van der Waals surface area contributed by atoms with Crippen molar-refractivity contribution >= 4 is 0 Å². The highest BCUT2D eigenvalue weighted by molar-refractivity contribution is 5.16. The van der Waals surface area contributed by atoms with Crippen molar-refractivity contribution in [3.05, 3.63) is 0 Å². The summed E-state index contributed by atoms with van der Waals surface area (Å²) in [4.78, 5) is 2.46. The number of fused-ring (bicyclic) bond motifs is 1. The van der Waals surface area contributed by atoms with Crippen LogP contribution in [-0.2, 0) is 0 Å². The van der Waals surface area contributed by atoms with Gasteiger partial charge in [-0.3, -0.25) is 0 Å². The predicted molar refractivity (Wildman–Crippen MR) is 52.2 cm³/mol. The molecule has 0 aromatic rings. The van der Waals surface area contributed by atoms with E-state index in [0.717, 1.165) is 11.3 Å². The van der Waals surface area contributed by atoms with Gasteiger partial charge < -0.3 is 4.90 Å². The first-order valence-corrected chi connectivity index (χ1v) is 5.18. The predicted octanol–water partition coefficient (Wildman–Crippen LogP) is 2.52. The van der Waals surface area contributed by atoms with Gasteiger partial charge in [-0.15, -0.1) is 0 Å². The van der Waals surface area contributed by atoms with Crippen LogP contribution in [0.15, 0.2) is 0 Å². The molecule has 0 unspecified atom stereocenters. The average molecular weight is 167 g/mol. The van der Waals surface area contributed by atoms with Crippen LogP contribution in [0.3, 0.4) is 0 Å². The van der Waals surface area contributed by atoms with E-state index in [0.29, 0.717) is 5.54 Å². The zero-order valence-corrected chi connectivity index (χ0v) is 8.85. The summed E-state index contributed by atoms with van der Waals surface area (Å²) in [6, 6.07) is 0. The lowest BCUT2D eigenvalue weighted by Crippen LogP contribution is -2.54. The summed E-state index contributed by atoms with van der Waals surface area (Å²) in [5, 5.41) is 0. The van der Waals surface area contributed by atoms with Crippen LogP contribution < -0.4 is 0 Å². The third kappa shape index (κ3) is 0.834. The van der Waals surface area contributed by atoms with Crippen molar-refractivity contribution in [2.75, 3.05) is 14.1 Å². The van der Waals surface area contributed by atoms with Crippen LogP contribution in [0.1, 0.15) is 39.5 Å². The second-order valence-electron chi connectivity index (χ2n) is 5.49. The molecule has 0 heterocycles. The average Bonchev–Trinajstić information content (AvgIpc) is 2.37. The Morgan fingerprint density at radius 3 is 1.92 bits per heavy atom. The number of hydrogen-bond donors (Lipinski definition) is 0. The van der Waals surface area contributed by atoms with Gasteiger partial charge in [-0.05, 0) is 51.1 Å². The summed E-state index contributed by atoms with van der Waals surface area (Å²) in [6.45, 7) is 4.79. The molecule has 0 atom stereocenters. The van der Waals surface area contributed by atoms with Crippen molar-refractivity contribution < 1.29 is 0 Å². The minimum absolute atomic E-state index is 0.615. The van der Waals surface area contributed by atoms with Gasteiger partial charge >= 0.3 is 0 Å². The van der Waals surface area contributed by atoms with Crippen LogP contribution in [0.25, 0.3) is 0 Å². The summed E-state index contributed by atoms with van der Waals surface area (Å²) in [6.07, 6.45) is 5.84. The summed E-state index contributed by atoms with van der Waals surface area (Å²) in [5.74, 6) is 0.896. The number of nitrogens with zero attached hydrogens (tertiary/aromatic N) is 1. The molecule has 0 spiro atoms. The normalized spacial score (nSPS) is 45.5. The second-order valence-corrected chi connectivity index (χ2v) is 5.49. The zero-order chi connectivity index (χ0) is 8.98. The molecule has 1 nitrogen and oxygen atoms in total. The maximum Gasteiger partial charge on any atom is 0.0214 e. The lowest BCUT2D eigenvalue weighted by atomic mass is 9.59. The Hall–Kier alpha value is -0.0400. The number of hydrogen-bond acceptors (Lipinski definition) is 1. The fourth-order valence-electron chi connectivity index (χ4n) is 3.33. The van der Waals surface area contributed by atoms with Crippen molar-refractivity contribution in [1.29, 1.82) is 0 Å². The van der Waals surface area contributed by atoms with Crippen molar-refractivity contribution in [2.24, 2.45) is 11.3 Å². The molecule has 2 bridgehead atoms. The molecule has 3 saturated carbocycles. The van der Waals surface area contributed by atoms with Crippen LogP contribution in [0.2, 0.25) is 0 Å². The SMILES string of the molecule is CC(C)C12CCC(N(C)C)(C1)C2. The van der Waals surface area contributed by atoms with Gasteiger partial charge in [0.1, 0.15) is 0 Å². The van der Waals surface area contributed by atoms with Gasteiger partial charge in [-0.2, -0.15) is 0 Å². The van der Waals surface area contributed by atoms with Crippen molar-refractivity contribution in [3.63, 3.8) is 0 Å². The van der Waals surface area contributed by atoms with E-state index in [1.807, 2.05) is 0 Å². The van der Waals surface area contributed by atoms with Crippen LogP contribution in [0, 0.1) is 11.3 Å². The molecule has 3 fully saturated rings. The first-order valence-electron chi connectivity index (χ1n) is 5.18. The first kappa shape index (κ1) is 8.55. The molecule has 0 N–H and O–H groups in total. The highest BCUT2D eigenvalue weighted by Crippen LogP contribution is 2.66. The van der Waals surface area contributed by atoms with Crippen LogP contribution in [0.5, 0.6) is 0 Å². The molecule has 0 aliphatic heterocycles. The van der Waals surface area contributed by atoms with E-state index < -0.39 is 0 Å². The lowest BCUT2D eigenvalue weighted by molar-refractivity contribution is -0.0218. The molecule has 12 heavy (non-hydrogen) atoms. The Labute approximate surface area is 76.1 Å². The van der Waals surface area contributed by atoms with Gasteiger partial charge in [0, 0.05) is 5.54 Å². The third-order valence-corrected chi connectivity index (χ3v) is 4.62. The van der Waals surface area contributed by atoms with Gasteiger partial charge in [0.2, 0.25) is 0 Å². The summed E-state index contributed by atoms with van der Waals surface area (Å²) >= 11 is 0. The molecule has 0 amide bonds. The van der Waals surface area contributed by atoms with E-state index in [1.165, 1.54) is 25.7 Å². The van der Waals surface area contributed by atoms with Crippen molar-refractivity contribution in [2.45, 2.75) is 45.1 Å². The fourth-order valence-corrected chi connectivity index (χ4v) is 3.33. The van der Waals surface area contributed by atoms with E-state index in [1.54, 1.807) is 0 Å². The standard InChI is InChI=1S/C11H21N/c1-9(2)10-5-6-11(7-10,8-10)12(3)4/h9H,5-8H2,1-4H3. The maximum atomic E-state index is 2.46. The Morgan fingerprint density at radius 2 is 1.67 bits per heavy atom. The van der Waals surface area contributed by atoms with E-state index in [-0.39, 0.29) is 0 Å². The highest BCUT2D eigenvalue weighted by Gasteiger charge is 2.62. The fraction of sp³-hybridized carbons (Fsp3) is 1.00. The number of rotatable bonds is 2. The first-order chi connectivity index (χ1) is 5.51. The molecule has 0 saturated heterocycles. The Bertz CT molecular complexity index is 167. The maximum absolute atomic E-state index is 2.46. The van der Waals surface area contributed by atoms with E-state index >= 15 is 0 Å². The summed E-state index contributed by atoms with van der Waals surface area (Å²) < 4.78 is 0. The highest BCUT2D eigenvalue weighted by atomic mass is 15.2. The molecule has 3 aliphatic rings. The van der Waals surface area contributed by atoms with Gasteiger partial charge in [-0.25, -0.2) is 0 Å². The van der Waals surface area contributed by atoms with E-state index in [9.17, 15) is 0 Å². The second kappa shape index (κ2) is 2.25. The quantitative estimate of drug-likeness (QED) is 0.611. The van der Waals surface area contributed by atoms with Crippen LogP contribution in [-0.4, -0.2) is 24.5 Å². The van der Waals surface area contributed by atoms with Crippen molar-refractivity contribution in [1.82, 2.24) is 4.90 Å². The van der Waals surface area contributed by atoms with E-state index in [2.05, 4.69) is 32.8 Å². The smallest absolute Gasteiger partial charge is 0.0214 e. The van der Waals surface area contributed by atoms with Gasteiger partial charge in [-0.1, -0.05) is 13.8 Å². The molecule has 3 rings (SSSR count). The molecule has 3 aliphatic carbocycles. The molecular weight excluding hydrogens is 146 g/mol. The molecule has 1 heteroatoms. The van der Waals surface area contributed by atoms with Gasteiger partial charge in [0.25, 0.3) is 0 Å². The lowest BCUT2D eigenvalue weighted by Gasteiger charge is -2.53. The molecule has 0 radical (unpaired) electrons.